The van der Waals surface area contributed by atoms with E-state index in [1.165, 1.54) is 6.42 Å². The van der Waals surface area contributed by atoms with Crippen LogP contribution in [0.2, 0.25) is 0 Å². The van der Waals surface area contributed by atoms with E-state index < -0.39 is 0 Å². The molecule has 2 aromatic heterocycles. The van der Waals surface area contributed by atoms with Crippen molar-refractivity contribution < 1.29 is 9.15 Å². The Kier molecular flexibility index (Phi) is 4.43. The van der Waals surface area contributed by atoms with E-state index in [1.54, 1.807) is 6.26 Å². The minimum Gasteiger partial charge on any atom is -0.468 e. The Bertz CT molecular complexity index is 654. The summed E-state index contributed by atoms with van der Waals surface area (Å²) in [5, 5.41) is 0. The number of imidazole rings is 1. The number of ether oxygens (including phenoxy) is 1. The third-order valence-electron chi connectivity index (χ3n) is 5.42. The van der Waals surface area contributed by atoms with Crippen molar-refractivity contribution in [3.05, 3.63) is 42.4 Å². The number of likely N-dealkylation sites (N-methyl/N-ethyl adjacent to an activating group) is 1. The maximum atomic E-state index is 6.19. The number of hydrogen-bond acceptors (Lipinski definition) is 5. The van der Waals surface area contributed by atoms with E-state index in [0.29, 0.717) is 12.1 Å². The lowest BCUT2D eigenvalue weighted by Gasteiger charge is -2.34. The van der Waals surface area contributed by atoms with Crippen molar-refractivity contribution in [3.8, 4) is 0 Å². The molecule has 0 spiro atoms. The van der Waals surface area contributed by atoms with Gasteiger partial charge in [0.05, 0.1) is 31.5 Å². The van der Waals surface area contributed by atoms with Crippen LogP contribution >= 0.6 is 0 Å². The first-order valence-corrected chi connectivity index (χ1v) is 8.77. The summed E-state index contributed by atoms with van der Waals surface area (Å²) in [6.07, 6.45) is 8.26. The number of likely N-dealkylation sites (tertiary alicyclic amines) is 1. The van der Waals surface area contributed by atoms with Gasteiger partial charge >= 0.3 is 0 Å². The van der Waals surface area contributed by atoms with E-state index in [1.807, 2.05) is 24.5 Å². The second-order valence-electron chi connectivity index (χ2n) is 6.99. The van der Waals surface area contributed by atoms with Gasteiger partial charge in [0.2, 0.25) is 0 Å². The van der Waals surface area contributed by atoms with E-state index in [9.17, 15) is 0 Å². The van der Waals surface area contributed by atoms with Gasteiger partial charge in [-0.3, -0.25) is 9.80 Å². The molecular weight excluding hydrogens is 304 g/mol. The molecule has 4 rings (SSSR count). The zero-order valence-corrected chi connectivity index (χ0v) is 14.5. The fraction of sp³-hybridized carbons (Fsp3) is 0.611. The lowest BCUT2D eigenvalue weighted by molar-refractivity contribution is -0.0394. The minimum absolute atomic E-state index is 0.277. The molecule has 2 saturated heterocycles. The number of furan rings is 1. The Morgan fingerprint density at radius 1 is 1.42 bits per heavy atom. The van der Waals surface area contributed by atoms with Crippen molar-refractivity contribution in [2.45, 2.75) is 44.1 Å². The molecule has 3 atom stereocenters. The molecule has 2 fully saturated rings. The summed E-state index contributed by atoms with van der Waals surface area (Å²) in [7, 11) is 4.24. The number of rotatable bonds is 5. The van der Waals surface area contributed by atoms with Gasteiger partial charge in [-0.05, 0) is 32.0 Å². The number of aromatic nitrogens is 2. The molecule has 6 nitrogen and oxygen atoms in total. The Labute approximate surface area is 143 Å². The average Bonchev–Trinajstić information content (AvgIpc) is 3.30. The van der Waals surface area contributed by atoms with Gasteiger partial charge in [-0.15, -0.1) is 0 Å². The van der Waals surface area contributed by atoms with Gasteiger partial charge in [-0.1, -0.05) is 0 Å². The average molecular weight is 330 g/mol. The highest BCUT2D eigenvalue weighted by atomic mass is 16.5. The van der Waals surface area contributed by atoms with Crippen LogP contribution in [-0.2, 0) is 24.9 Å². The number of hydrogen-bond donors (Lipinski definition) is 0. The molecule has 0 amide bonds. The zero-order chi connectivity index (χ0) is 16.5. The smallest absolute Gasteiger partial charge is 0.122 e. The molecule has 0 aliphatic carbocycles. The summed E-state index contributed by atoms with van der Waals surface area (Å²) in [6.45, 7) is 3.60. The van der Waals surface area contributed by atoms with Gasteiger partial charge in [0, 0.05) is 38.6 Å². The van der Waals surface area contributed by atoms with E-state index >= 15 is 0 Å². The van der Waals surface area contributed by atoms with Crippen molar-refractivity contribution in [2.75, 3.05) is 20.2 Å². The minimum atomic E-state index is 0.277. The third-order valence-corrected chi connectivity index (χ3v) is 5.42. The molecule has 130 valence electrons. The summed E-state index contributed by atoms with van der Waals surface area (Å²) in [5.74, 6) is 2.13. The van der Waals surface area contributed by atoms with Crippen LogP contribution < -0.4 is 0 Å². The quantitative estimate of drug-likeness (QED) is 0.838. The first kappa shape index (κ1) is 15.9. The summed E-state index contributed by atoms with van der Waals surface area (Å²) in [6, 6.07) is 4.86. The molecule has 0 N–H and O–H groups in total. The van der Waals surface area contributed by atoms with Gasteiger partial charge < -0.3 is 13.7 Å². The summed E-state index contributed by atoms with van der Waals surface area (Å²) in [5.41, 5.74) is 0. The molecule has 2 aliphatic rings. The van der Waals surface area contributed by atoms with E-state index in [4.69, 9.17) is 9.15 Å². The van der Waals surface area contributed by atoms with Crippen molar-refractivity contribution in [3.63, 3.8) is 0 Å². The summed E-state index contributed by atoms with van der Waals surface area (Å²) < 4.78 is 13.8. The maximum Gasteiger partial charge on any atom is 0.122 e. The molecular formula is C18H26N4O2. The second kappa shape index (κ2) is 6.70. The number of aryl methyl sites for hydroxylation is 1. The fourth-order valence-corrected chi connectivity index (χ4v) is 4.09. The Balaban J connectivity index is 1.49. The molecule has 6 heteroatoms. The van der Waals surface area contributed by atoms with Gasteiger partial charge in [0.25, 0.3) is 0 Å². The van der Waals surface area contributed by atoms with E-state index in [-0.39, 0.29) is 6.10 Å². The van der Waals surface area contributed by atoms with Crippen LogP contribution in [0.4, 0.5) is 0 Å². The molecule has 0 bridgehead atoms. The van der Waals surface area contributed by atoms with Crippen LogP contribution in [0.1, 0.15) is 24.4 Å². The molecule has 24 heavy (non-hydrogen) atoms. The molecule has 2 aliphatic heterocycles. The third kappa shape index (κ3) is 3.01. The highest BCUT2D eigenvalue weighted by molar-refractivity contribution is 5.05. The van der Waals surface area contributed by atoms with Crippen LogP contribution in [0.25, 0.3) is 0 Å². The highest BCUT2D eigenvalue weighted by Crippen LogP contribution is 2.32. The van der Waals surface area contributed by atoms with Crippen LogP contribution in [-0.4, -0.2) is 57.7 Å². The van der Waals surface area contributed by atoms with Crippen LogP contribution in [0.5, 0.6) is 0 Å². The first-order chi connectivity index (χ1) is 11.7. The van der Waals surface area contributed by atoms with Gasteiger partial charge in [0.15, 0.2) is 0 Å². The first-order valence-electron chi connectivity index (χ1n) is 8.77. The normalized spacial score (nSPS) is 27.7. The molecule has 4 heterocycles. The lowest BCUT2D eigenvalue weighted by atomic mass is 10.00. The summed E-state index contributed by atoms with van der Waals surface area (Å²) in [4.78, 5) is 9.43. The highest BCUT2D eigenvalue weighted by Gasteiger charge is 2.45. The summed E-state index contributed by atoms with van der Waals surface area (Å²) >= 11 is 0. The largest absolute Gasteiger partial charge is 0.468 e. The van der Waals surface area contributed by atoms with Crippen molar-refractivity contribution >= 4 is 0 Å². The monoisotopic (exact) mass is 330 g/mol. The zero-order valence-electron chi connectivity index (χ0n) is 14.5. The molecule has 2 aromatic rings. The second-order valence-corrected chi connectivity index (χ2v) is 6.99. The Hall–Kier alpha value is -1.63. The van der Waals surface area contributed by atoms with E-state index in [2.05, 4.69) is 33.4 Å². The fourth-order valence-electron chi connectivity index (χ4n) is 4.09. The molecule has 0 aromatic carbocycles. The van der Waals surface area contributed by atoms with Crippen LogP contribution in [0.15, 0.2) is 35.2 Å². The maximum absolute atomic E-state index is 6.19. The Morgan fingerprint density at radius 2 is 2.33 bits per heavy atom. The van der Waals surface area contributed by atoms with Gasteiger partial charge in [0.1, 0.15) is 11.6 Å². The van der Waals surface area contributed by atoms with Crippen LogP contribution in [0.3, 0.4) is 0 Å². The standard InChI is InChI=1S/C18H26N4O2/c1-20-8-7-19-17(20)13-22-12-16(18-15(22)6-4-10-24-18)21(2)11-14-5-3-9-23-14/h3,5,7-9,15-16,18H,4,6,10-13H2,1-2H3/t15-,16-,18+/m1/s1. The SMILES string of the molecule is CN(Cc1ccco1)[C@@H]1CN(Cc2nccn2C)[C@@H]2CCCO[C@H]12. The van der Waals surface area contributed by atoms with E-state index in [0.717, 1.165) is 44.2 Å². The van der Waals surface area contributed by atoms with Crippen molar-refractivity contribution in [1.82, 2.24) is 19.4 Å². The molecule has 0 unspecified atom stereocenters. The van der Waals surface area contributed by atoms with Gasteiger partial charge in [-0.2, -0.15) is 0 Å². The number of fused-ring (bicyclic) bond motifs is 1. The van der Waals surface area contributed by atoms with Gasteiger partial charge in [-0.25, -0.2) is 4.98 Å². The van der Waals surface area contributed by atoms with Crippen molar-refractivity contribution in [2.24, 2.45) is 7.05 Å². The molecule has 0 saturated carbocycles. The number of nitrogens with zero attached hydrogens (tertiary/aromatic N) is 4. The lowest BCUT2D eigenvalue weighted by Crippen LogP contribution is -2.46. The topological polar surface area (TPSA) is 46.7 Å². The predicted octanol–water partition coefficient (Wildman–Crippen LogP) is 1.88. The van der Waals surface area contributed by atoms with Crippen LogP contribution in [0, 0.1) is 0 Å². The molecule has 0 radical (unpaired) electrons. The Morgan fingerprint density at radius 3 is 3.08 bits per heavy atom. The van der Waals surface area contributed by atoms with Crippen molar-refractivity contribution in [1.29, 1.82) is 0 Å². The predicted molar refractivity (Wildman–Crippen MR) is 90.3 cm³/mol.